The minimum atomic E-state index is 0.480. The maximum absolute atomic E-state index is 5.84. The van der Waals surface area contributed by atoms with Crippen LogP contribution in [0.25, 0.3) is 11.1 Å². The van der Waals surface area contributed by atoms with E-state index >= 15 is 0 Å². The lowest BCUT2D eigenvalue weighted by Crippen LogP contribution is -2.52. The van der Waals surface area contributed by atoms with E-state index < -0.39 is 0 Å². The highest BCUT2D eigenvalue weighted by Gasteiger charge is 2.26. The molecular weight excluding hydrogens is 254 g/mol. The molecule has 0 radical (unpaired) electrons. The highest BCUT2D eigenvalue weighted by Crippen LogP contribution is 2.23. The molecule has 2 heterocycles. The Morgan fingerprint density at radius 2 is 2.20 bits per heavy atom. The standard InChI is InChI=1S/C15H21N3O2/c1-12-11-18(8-7-17(12)9-10-19-2)15-16-13-5-3-4-6-14(13)20-15/h3-6,12H,7-11H2,1-2H3. The average Bonchev–Trinajstić information content (AvgIpc) is 2.90. The Kier molecular flexibility index (Phi) is 3.89. The second kappa shape index (κ2) is 5.81. The number of methoxy groups -OCH3 is 1. The van der Waals surface area contributed by atoms with Crippen molar-refractivity contribution in [1.29, 1.82) is 0 Å². The summed E-state index contributed by atoms with van der Waals surface area (Å²) in [6.07, 6.45) is 0. The smallest absolute Gasteiger partial charge is 0.298 e. The first-order chi connectivity index (χ1) is 9.78. The molecule has 1 saturated heterocycles. The van der Waals surface area contributed by atoms with Crippen molar-refractivity contribution in [2.75, 3.05) is 44.8 Å². The fraction of sp³-hybridized carbons (Fsp3) is 0.533. The van der Waals surface area contributed by atoms with Gasteiger partial charge in [0, 0.05) is 39.3 Å². The number of hydrogen-bond donors (Lipinski definition) is 0. The average molecular weight is 275 g/mol. The van der Waals surface area contributed by atoms with Crippen molar-refractivity contribution in [3.63, 3.8) is 0 Å². The molecule has 20 heavy (non-hydrogen) atoms. The van der Waals surface area contributed by atoms with Gasteiger partial charge in [0.15, 0.2) is 5.58 Å². The van der Waals surface area contributed by atoms with Crippen LogP contribution in [0, 0.1) is 0 Å². The normalized spacial score (nSPS) is 20.7. The Morgan fingerprint density at radius 3 is 2.95 bits per heavy atom. The van der Waals surface area contributed by atoms with E-state index in [9.17, 15) is 0 Å². The van der Waals surface area contributed by atoms with Crippen LogP contribution in [0.3, 0.4) is 0 Å². The van der Waals surface area contributed by atoms with E-state index in [4.69, 9.17) is 9.15 Å². The van der Waals surface area contributed by atoms with Crippen molar-refractivity contribution in [2.45, 2.75) is 13.0 Å². The summed E-state index contributed by atoms with van der Waals surface area (Å²) >= 11 is 0. The van der Waals surface area contributed by atoms with Crippen molar-refractivity contribution in [2.24, 2.45) is 0 Å². The topological polar surface area (TPSA) is 41.7 Å². The van der Waals surface area contributed by atoms with E-state index in [-0.39, 0.29) is 0 Å². The number of aromatic nitrogens is 1. The van der Waals surface area contributed by atoms with Gasteiger partial charge in [-0.25, -0.2) is 0 Å². The van der Waals surface area contributed by atoms with E-state index in [1.807, 2.05) is 24.3 Å². The maximum Gasteiger partial charge on any atom is 0.298 e. The number of piperazine rings is 1. The Hall–Kier alpha value is -1.59. The highest BCUT2D eigenvalue weighted by atomic mass is 16.5. The minimum absolute atomic E-state index is 0.480. The van der Waals surface area contributed by atoms with Crippen LogP contribution in [0.2, 0.25) is 0 Å². The molecule has 0 aliphatic carbocycles. The molecule has 1 unspecified atom stereocenters. The fourth-order valence-electron chi connectivity index (χ4n) is 2.71. The second-order valence-electron chi connectivity index (χ2n) is 5.29. The third-order valence-corrected chi connectivity index (χ3v) is 3.90. The summed E-state index contributed by atoms with van der Waals surface area (Å²) in [4.78, 5) is 9.25. The quantitative estimate of drug-likeness (QED) is 0.853. The first kappa shape index (κ1) is 13.4. The van der Waals surface area contributed by atoms with Gasteiger partial charge in [-0.2, -0.15) is 4.98 Å². The Balaban J connectivity index is 1.70. The molecule has 0 N–H and O–H groups in total. The SMILES string of the molecule is COCCN1CCN(c2nc3ccccc3o2)CC1C. The van der Waals surface area contributed by atoms with Gasteiger partial charge in [0.05, 0.1) is 6.61 Å². The van der Waals surface area contributed by atoms with Crippen LogP contribution in [0.15, 0.2) is 28.7 Å². The predicted octanol–water partition coefficient (Wildman–Crippen LogP) is 1.98. The second-order valence-corrected chi connectivity index (χ2v) is 5.29. The molecule has 5 nitrogen and oxygen atoms in total. The Bertz CT molecular complexity index is 536. The van der Waals surface area contributed by atoms with Gasteiger partial charge in [-0.15, -0.1) is 0 Å². The molecule has 1 aliphatic heterocycles. The lowest BCUT2D eigenvalue weighted by atomic mass is 10.2. The zero-order chi connectivity index (χ0) is 13.9. The molecule has 1 atom stereocenters. The number of benzene rings is 1. The molecule has 3 rings (SSSR count). The van der Waals surface area contributed by atoms with Crippen molar-refractivity contribution in [3.05, 3.63) is 24.3 Å². The Morgan fingerprint density at radius 1 is 1.35 bits per heavy atom. The molecule has 5 heteroatoms. The Labute approximate surface area is 119 Å². The monoisotopic (exact) mass is 275 g/mol. The van der Waals surface area contributed by atoms with Crippen LogP contribution in [-0.4, -0.2) is 55.8 Å². The molecular formula is C15H21N3O2. The van der Waals surface area contributed by atoms with Crippen LogP contribution in [-0.2, 0) is 4.74 Å². The maximum atomic E-state index is 5.84. The number of anilines is 1. The van der Waals surface area contributed by atoms with Crippen LogP contribution in [0.1, 0.15) is 6.92 Å². The highest BCUT2D eigenvalue weighted by molar-refractivity contribution is 5.74. The summed E-state index contributed by atoms with van der Waals surface area (Å²) in [5.41, 5.74) is 1.79. The molecule has 0 saturated carbocycles. The van der Waals surface area contributed by atoms with Crippen LogP contribution in [0.5, 0.6) is 0 Å². The molecule has 1 fully saturated rings. The van der Waals surface area contributed by atoms with Gasteiger partial charge in [0.25, 0.3) is 6.01 Å². The molecule has 2 aromatic rings. The van der Waals surface area contributed by atoms with Gasteiger partial charge in [-0.3, -0.25) is 4.90 Å². The number of hydrogen-bond acceptors (Lipinski definition) is 5. The van der Waals surface area contributed by atoms with Gasteiger partial charge < -0.3 is 14.1 Å². The van der Waals surface area contributed by atoms with Crippen LogP contribution in [0.4, 0.5) is 6.01 Å². The largest absolute Gasteiger partial charge is 0.423 e. The van der Waals surface area contributed by atoms with Gasteiger partial charge in [0.1, 0.15) is 5.52 Å². The van der Waals surface area contributed by atoms with Gasteiger partial charge in [-0.1, -0.05) is 12.1 Å². The van der Waals surface area contributed by atoms with E-state index in [0.29, 0.717) is 6.04 Å². The molecule has 1 aliphatic rings. The summed E-state index contributed by atoms with van der Waals surface area (Å²) in [5.74, 6) is 0. The van der Waals surface area contributed by atoms with Gasteiger partial charge in [0.2, 0.25) is 0 Å². The number of para-hydroxylation sites is 2. The number of ether oxygens (including phenoxy) is 1. The molecule has 0 spiro atoms. The lowest BCUT2D eigenvalue weighted by Gasteiger charge is -2.39. The summed E-state index contributed by atoms with van der Waals surface area (Å²) in [6.45, 7) is 6.91. The van der Waals surface area contributed by atoms with E-state index in [1.54, 1.807) is 7.11 Å². The zero-order valence-corrected chi connectivity index (χ0v) is 12.1. The van der Waals surface area contributed by atoms with E-state index in [2.05, 4.69) is 21.7 Å². The predicted molar refractivity (Wildman–Crippen MR) is 79.1 cm³/mol. The first-order valence-corrected chi connectivity index (χ1v) is 7.11. The van der Waals surface area contributed by atoms with Gasteiger partial charge >= 0.3 is 0 Å². The van der Waals surface area contributed by atoms with E-state index in [0.717, 1.165) is 49.9 Å². The van der Waals surface area contributed by atoms with Gasteiger partial charge in [-0.05, 0) is 19.1 Å². The summed E-state index contributed by atoms with van der Waals surface area (Å²) in [7, 11) is 1.75. The van der Waals surface area contributed by atoms with Crippen molar-refractivity contribution in [3.8, 4) is 0 Å². The molecule has 1 aromatic heterocycles. The van der Waals surface area contributed by atoms with Crippen LogP contribution >= 0.6 is 0 Å². The van der Waals surface area contributed by atoms with Crippen LogP contribution < -0.4 is 4.90 Å². The minimum Gasteiger partial charge on any atom is -0.423 e. The number of oxazole rings is 1. The molecule has 108 valence electrons. The number of rotatable bonds is 4. The van der Waals surface area contributed by atoms with E-state index in [1.165, 1.54) is 0 Å². The molecule has 1 aromatic carbocycles. The lowest BCUT2D eigenvalue weighted by molar-refractivity contribution is 0.116. The van der Waals surface area contributed by atoms with Crippen molar-refractivity contribution in [1.82, 2.24) is 9.88 Å². The summed E-state index contributed by atoms with van der Waals surface area (Å²) in [5, 5.41) is 0. The summed E-state index contributed by atoms with van der Waals surface area (Å²) in [6, 6.07) is 9.13. The summed E-state index contributed by atoms with van der Waals surface area (Å²) < 4.78 is 11.0. The zero-order valence-electron chi connectivity index (χ0n) is 12.1. The third kappa shape index (κ3) is 2.64. The van der Waals surface area contributed by atoms with Crippen molar-refractivity contribution < 1.29 is 9.15 Å². The number of nitrogens with zero attached hydrogens (tertiary/aromatic N) is 3. The third-order valence-electron chi connectivity index (χ3n) is 3.90. The van der Waals surface area contributed by atoms with Crippen molar-refractivity contribution >= 4 is 17.1 Å². The molecule has 0 bridgehead atoms. The first-order valence-electron chi connectivity index (χ1n) is 7.11. The fourth-order valence-corrected chi connectivity index (χ4v) is 2.71. The molecule has 0 amide bonds. The number of fused-ring (bicyclic) bond motifs is 1.